The molecular formula is C13H12O. The van der Waals surface area contributed by atoms with Crippen molar-refractivity contribution in [3.63, 3.8) is 0 Å². The maximum absolute atomic E-state index is 5.52. The van der Waals surface area contributed by atoms with Crippen molar-refractivity contribution in [2.45, 2.75) is 6.92 Å². The van der Waals surface area contributed by atoms with Gasteiger partial charge in [-0.3, -0.25) is 0 Å². The van der Waals surface area contributed by atoms with Crippen LogP contribution in [-0.4, -0.2) is 0 Å². The highest BCUT2D eigenvalue weighted by molar-refractivity contribution is 5.79. The van der Waals surface area contributed by atoms with Gasteiger partial charge in [-0.2, -0.15) is 0 Å². The normalized spacial score (nSPS) is 12.2. The first-order chi connectivity index (χ1) is 6.68. The Bertz CT molecular complexity index is 587. The molecule has 0 aliphatic heterocycles. The predicted molar refractivity (Wildman–Crippen MR) is 60.3 cm³/mol. The fourth-order valence-corrected chi connectivity index (χ4v) is 1.52. The maximum atomic E-state index is 5.52. The molecule has 0 fully saturated rings. The summed E-state index contributed by atoms with van der Waals surface area (Å²) in [6.45, 7) is 9.68. The lowest BCUT2D eigenvalue weighted by atomic mass is 10.2. The van der Waals surface area contributed by atoms with E-state index in [1.807, 2.05) is 37.3 Å². The van der Waals surface area contributed by atoms with Gasteiger partial charge in [-0.1, -0.05) is 36.9 Å². The van der Waals surface area contributed by atoms with Crippen LogP contribution in [0.2, 0.25) is 0 Å². The van der Waals surface area contributed by atoms with E-state index in [9.17, 15) is 0 Å². The number of para-hydroxylation sites is 1. The molecule has 0 N–H and O–H groups in total. The van der Waals surface area contributed by atoms with Crippen LogP contribution in [0.3, 0.4) is 0 Å². The third-order valence-corrected chi connectivity index (χ3v) is 2.10. The minimum atomic E-state index is 0.703. The second kappa shape index (κ2) is 3.18. The van der Waals surface area contributed by atoms with Gasteiger partial charge in [0.05, 0.1) is 0 Å². The summed E-state index contributed by atoms with van der Waals surface area (Å²) in [6.07, 6.45) is 1.99. The van der Waals surface area contributed by atoms with Crippen molar-refractivity contribution < 1.29 is 4.42 Å². The molecule has 0 aliphatic carbocycles. The molecule has 70 valence electrons. The molecular weight excluding hydrogens is 172 g/mol. The molecule has 1 aromatic carbocycles. The molecule has 1 aromatic heterocycles. The average Bonchev–Trinajstić information content (AvgIpc) is 2.43. The van der Waals surface area contributed by atoms with E-state index >= 15 is 0 Å². The summed E-state index contributed by atoms with van der Waals surface area (Å²) in [7, 11) is 0. The molecule has 0 spiro atoms. The lowest BCUT2D eigenvalue weighted by molar-refractivity contribution is 0.577. The number of hydrogen-bond donors (Lipinski definition) is 0. The van der Waals surface area contributed by atoms with Crippen molar-refractivity contribution in [1.29, 1.82) is 0 Å². The molecule has 0 saturated carbocycles. The first-order valence-corrected chi connectivity index (χ1v) is 4.52. The Morgan fingerprint density at radius 1 is 1.36 bits per heavy atom. The van der Waals surface area contributed by atoms with Gasteiger partial charge in [0.25, 0.3) is 0 Å². The fourth-order valence-electron chi connectivity index (χ4n) is 1.52. The van der Waals surface area contributed by atoms with Gasteiger partial charge in [0, 0.05) is 10.6 Å². The largest absolute Gasteiger partial charge is 0.457 e. The van der Waals surface area contributed by atoms with E-state index in [1.54, 1.807) is 0 Å². The van der Waals surface area contributed by atoms with Crippen LogP contribution in [0.1, 0.15) is 6.92 Å². The first kappa shape index (κ1) is 8.82. The zero-order chi connectivity index (χ0) is 10.1. The Morgan fingerprint density at radius 2 is 2.07 bits per heavy atom. The molecule has 0 amide bonds. The van der Waals surface area contributed by atoms with Gasteiger partial charge >= 0.3 is 0 Å². The molecule has 2 rings (SSSR count). The summed E-state index contributed by atoms with van der Waals surface area (Å²) in [6, 6.07) is 7.92. The van der Waals surface area contributed by atoms with Crippen LogP contribution in [0, 0.1) is 0 Å². The minimum Gasteiger partial charge on any atom is -0.457 e. The third kappa shape index (κ3) is 1.37. The topological polar surface area (TPSA) is 13.1 Å². The van der Waals surface area contributed by atoms with Gasteiger partial charge < -0.3 is 4.42 Å². The predicted octanol–water partition coefficient (Wildman–Crippen LogP) is 2.20. The number of furan rings is 1. The van der Waals surface area contributed by atoms with Crippen LogP contribution in [0.4, 0.5) is 0 Å². The summed E-state index contributed by atoms with van der Waals surface area (Å²) in [5.41, 5.74) is 2.58. The Kier molecular flexibility index (Phi) is 2.01. The number of benzene rings is 1. The van der Waals surface area contributed by atoms with Gasteiger partial charge in [-0.15, -0.1) is 0 Å². The van der Waals surface area contributed by atoms with Crippen molar-refractivity contribution in [1.82, 2.24) is 0 Å². The zero-order valence-corrected chi connectivity index (χ0v) is 8.21. The van der Waals surface area contributed by atoms with E-state index in [0.29, 0.717) is 5.42 Å². The molecule has 1 heterocycles. The van der Waals surface area contributed by atoms with Gasteiger partial charge in [-0.25, -0.2) is 0 Å². The van der Waals surface area contributed by atoms with E-state index in [-0.39, 0.29) is 0 Å². The highest BCUT2D eigenvalue weighted by Gasteiger charge is 1.99. The maximum Gasteiger partial charge on any atom is 0.135 e. The third-order valence-electron chi connectivity index (χ3n) is 2.10. The summed E-state index contributed by atoms with van der Waals surface area (Å²) in [4.78, 5) is 0. The Hall–Kier alpha value is -1.76. The minimum absolute atomic E-state index is 0.703. The molecule has 0 unspecified atom stereocenters. The smallest absolute Gasteiger partial charge is 0.135 e. The summed E-state index contributed by atoms with van der Waals surface area (Å²) >= 11 is 0. The van der Waals surface area contributed by atoms with E-state index in [2.05, 4.69) is 13.2 Å². The second-order valence-electron chi connectivity index (χ2n) is 3.43. The second-order valence-corrected chi connectivity index (χ2v) is 3.43. The van der Waals surface area contributed by atoms with E-state index in [1.165, 1.54) is 0 Å². The first-order valence-electron chi connectivity index (χ1n) is 4.52. The van der Waals surface area contributed by atoms with Crippen molar-refractivity contribution in [3.05, 3.63) is 47.1 Å². The average molecular weight is 184 g/mol. The SMILES string of the molecule is C=C(C)/C=c1\c(=C)oc2ccccc12. The van der Waals surface area contributed by atoms with Gasteiger partial charge in [0.2, 0.25) is 0 Å². The highest BCUT2D eigenvalue weighted by atomic mass is 16.3. The van der Waals surface area contributed by atoms with Crippen molar-refractivity contribution in [3.8, 4) is 0 Å². The summed E-state index contributed by atoms with van der Waals surface area (Å²) in [5.74, 6) is 0. The van der Waals surface area contributed by atoms with Gasteiger partial charge in [-0.05, 0) is 19.1 Å². The van der Waals surface area contributed by atoms with Crippen LogP contribution < -0.4 is 10.6 Å². The van der Waals surface area contributed by atoms with Gasteiger partial charge in [0.15, 0.2) is 0 Å². The van der Waals surface area contributed by atoms with E-state index in [0.717, 1.165) is 21.8 Å². The van der Waals surface area contributed by atoms with Crippen LogP contribution >= 0.6 is 0 Å². The lowest BCUT2D eigenvalue weighted by Gasteiger charge is -1.85. The number of rotatable bonds is 1. The standard InChI is InChI=1S/C13H12O/c1-9(2)8-12-10(3)14-13-7-5-4-6-11(12)13/h4-8H,1,3H2,2H3/b12-8+. The zero-order valence-electron chi connectivity index (χ0n) is 8.21. The molecule has 2 aromatic rings. The molecule has 0 radical (unpaired) electrons. The quantitative estimate of drug-likeness (QED) is 0.662. The molecule has 0 aliphatic rings. The van der Waals surface area contributed by atoms with Crippen LogP contribution in [0.15, 0.2) is 40.8 Å². The number of hydrogen-bond acceptors (Lipinski definition) is 1. The number of fused-ring (bicyclic) bond motifs is 1. The molecule has 14 heavy (non-hydrogen) atoms. The molecule has 0 saturated heterocycles. The molecule has 0 atom stereocenters. The van der Waals surface area contributed by atoms with E-state index < -0.39 is 0 Å². The van der Waals surface area contributed by atoms with Crippen LogP contribution in [-0.2, 0) is 0 Å². The highest BCUT2D eigenvalue weighted by Crippen LogP contribution is 2.06. The lowest BCUT2D eigenvalue weighted by Crippen LogP contribution is -2.17. The van der Waals surface area contributed by atoms with Crippen LogP contribution in [0.25, 0.3) is 23.6 Å². The van der Waals surface area contributed by atoms with E-state index in [4.69, 9.17) is 4.42 Å². The Morgan fingerprint density at radius 3 is 2.79 bits per heavy atom. The van der Waals surface area contributed by atoms with Crippen molar-refractivity contribution in [2.24, 2.45) is 0 Å². The summed E-state index contributed by atoms with van der Waals surface area (Å²) < 4.78 is 5.52. The Labute approximate surface area is 82.7 Å². The Balaban J connectivity index is 2.95. The molecule has 1 nitrogen and oxygen atoms in total. The van der Waals surface area contributed by atoms with Crippen LogP contribution in [0.5, 0.6) is 0 Å². The van der Waals surface area contributed by atoms with Crippen molar-refractivity contribution in [2.75, 3.05) is 0 Å². The molecule has 0 bridgehead atoms. The molecule has 1 heteroatoms. The summed E-state index contributed by atoms with van der Waals surface area (Å²) in [5, 5.41) is 2.13. The monoisotopic (exact) mass is 184 g/mol. The van der Waals surface area contributed by atoms with Gasteiger partial charge in [0.1, 0.15) is 11.0 Å². The van der Waals surface area contributed by atoms with Crippen molar-refractivity contribution >= 4 is 23.6 Å². The number of allylic oxidation sites excluding steroid dienone is 1. The fraction of sp³-hybridized carbons (Fsp3) is 0.0769.